The first-order chi connectivity index (χ1) is 8.63. The number of nitrogens with one attached hydrogen (secondary N) is 3. The van der Waals surface area contributed by atoms with Gasteiger partial charge < -0.3 is 10.1 Å². The van der Waals surface area contributed by atoms with Gasteiger partial charge in [0.05, 0.1) is 12.8 Å². The first-order valence-corrected chi connectivity index (χ1v) is 7.36. The Balaban J connectivity index is 2.02. The fourth-order valence-corrected chi connectivity index (χ4v) is 3.13. The smallest absolute Gasteiger partial charge is 0.257 e. The molecule has 0 spiro atoms. The van der Waals surface area contributed by atoms with Gasteiger partial charge in [0.15, 0.2) is 5.03 Å². The molecule has 1 atom stereocenters. The van der Waals surface area contributed by atoms with Gasteiger partial charge in [-0.15, -0.1) is 0 Å². The quantitative estimate of drug-likeness (QED) is 0.646. The number of aromatic amines is 1. The van der Waals surface area contributed by atoms with Crippen molar-refractivity contribution in [1.82, 2.24) is 20.2 Å². The third kappa shape index (κ3) is 3.08. The number of H-pyrrole nitrogens is 1. The maximum atomic E-state index is 12.1. The molecule has 2 rings (SSSR count). The van der Waals surface area contributed by atoms with Crippen molar-refractivity contribution in [2.24, 2.45) is 5.92 Å². The normalized spacial score (nSPS) is 20.4. The van der Waals surface area contributed by atoms with E-state index in [-0.39, 0.29) is 10.9 Å². The second-order valence-electron chi connectivity index (χ2n) is 4.34. The first-order valence-electron chi connectivity index (χ1n) is 5.87. The Morgan fingerprint density at radius 1 is 1.61 bits per heavy atom. The average Bonchev–Trinajstić information content (AvgIpc) is 2.97. The van der Waals surface area contributed by atoms with Gasteiger partial charge in [0.2, 0.25) is 0 Å². The third-order valence-electron chi connectivity index (χ3n) is 2.90. The van der Waals surface area contributed by atoms with Gasteiger partial charge in [0.25, 0.3) is 10.0 Å². The number of rotatable bonds is 6. The topological polar surface area (TPSA) is 96.1 Å². The molecule has 1 aromatic rings. The Kier molecular flexibility index (Phi) is 4.33. The molecule has 1 unspecified atom stereocenters. The van der Waals surface area contributed by atoms with Gasteiger partial charge in [-0.3, -0.25) is 5.10 Å². The molecule has 0 bridgehead atoms. The number of ether oxygens (including phenoxy) is 1. The molecule has 2 heterocycles. The third-order valence-corrected chi connectivity index (χ3v) is 4.34. The van der Waals surface area contributed by atoms with Gasteiger partial charge in [-0.1, -0.05) is 0 Å². The molecule has 0 amide bonds. The maximum absolute atomic E-state index is 12.1. The van der Waals surface area contributed by atoms with Crippen molar-refractivity contribution in [3.63, 3.8) is 0 Å². The number of hydrogen-bond donors (Lipinski definition) is 3. The van der Waals surface area contributed by atoms with Crippen molar-refractivity contribution in [3.8, 4) is 0 Å². The summed E-state index contributed by atoms with van der Waals surface area (Å²) in [6.07, 6.45) is 2.42. The van der Waals surface area contributed by atoms with Crippen LogP contribution in [0.5, 0.6) is 0 Å². The van der Waals surface area contributed by atoms with E-state index in [1.807, 2.05) is 0 Å². The Bertz CT molecular complexity index is 479. The molecule has 3 N–H and O–H groups in total. The highest BCUT2D eigenvalue weighted by atomic mass is 32.2. The van der Waals surface area contributed by atoms with Crippen molar-refractivity contribution in [2.75, 3.05) is 26.8 Å². The SMILES string of the molecule is CNCc1cn[nH]c1S(=O)(=O)NCC1CCOC1. The molecule has 0 saturated carbocycles. The van der Waals surface area contributed by atoms with Crippen LogP contribution in [-0.2, 0) is 21.3 Å². The van der Waals surface area contributed by atoms with E-state index >= 15 is 0 Å². The molecule has 1 aliphatic rings. The number of hydrogen-bond acceptors (Lipinski definition) is 5. The lowest BCUT2D eigenvalue weighted by Crippen LogP contribution is -2.30. The summed E-state index contributed by atoms with van der Waals surface area (Å²) in [6, 6.07) is 0. The minimum Gasteiger partial charge on any atom is -0.381 e. The molecule has 8 heteroatoms. The summed E-state index contributed by atoms with van der Waals surface area (Å²) < 4.78 is 32.0. The maximum Gasteiger partial charge on any atom is 0.257 e. The van der Waals surface area contributed by atoms with E-state index in [4.69, 9.17) is 4.74 Å². The summed E-state index contributed by atoms with van der Waals surface area (Å²) in [4.78, 5) is 0. The van der Waals surface area contributed by atoms with Crippen LogP contribution in [0.25, 0.3) is 0 Å². The van der Waals surface area contributed by atoms with Crippen LogP contribution in [0.2, 0.25) is 0 Å². The molecule has 1 aliphatic heterocycles. The van der Waals surface area contributed by atoms with E-state index in [1.165, 1.54) is 6.20 Å². The predicted octanol–water partition coefficient (Wildman–Crippen LogP) is -0.556. The average molecular weight is 274 g/mol. The fraction of sp³-hybridized carbons (Fsp3) is 0.700. The monoisotopic (exact) mass is 274 g/mol. The van der Waals surface area contributed by atoms with Crippen LogP contribution in [-0.4, -0.2) is 45.4 Å². The molecule has 7 nitrogen and oxygen atoms in total. The van der Waals surface area contributed by atoms with E-state index < -0.39 is 10.0 Å². The van der Waals surface area contributed by atoms with Gasteiger partial charge in [0.1, 0.15) is 0 Å². The number of aromatic nitrogens is 2. The summed E-state index contributed by atoms with van der Waals surface area (Å²) in [5.74, 6) is 0.260. The molecule has 1 fully saturated rings. The van der Waals surface area contributed by atoms with Gasteiger partial charge in [-0.2, -0.15) is 5.10 Å². The van der Waals surface area contributed by atoms with Crippen LogP contribution in [0.15, 0.2) is 11.2 Å². The van der Waals surface area contributed by atoms with E-state index in [0.717, 1.165) is 6.42 Å². The first kappa shape index (κ1) is 13.5. The highest BCUT2D eigenvalue weighted by Gasteiger charge is 2.23. The molecule has 1 saturated heterocycles. The minimum atomic E-state index is -3.52. The summed E-state index contributed by atoms with van der Waals surface area (Å²) in [6.45, 7) is 2.19. The van der Waals surface area contributed by atoms with E-state index in [2.05, 4.69) is 20.2 Å². The van der Waals surface area contributed by atoms with E-state index in [9.17, 15) is 8.42 Å². The summed E-state index contributed by atoms with van der Waals surface area (Å²) in [5.41, 5.74) is 0.632. The molecule has 102 valence electrons. The number of nitrogens with zero attached hydrogens (tertiary/aromatic N) is 1. The lowest BCUT2D eigenvalue weighted by Gasteiger charge is -2.10. The Labute approximate surface area is 106 Å². The highest BCUT2D eigenvalue weighted by molar-refractivity contribution is 7.89. The molecule has 18 heavy (non-hydrogen) atoms. The lowest BCUT2D eigenvalue weighted by atomic mass is 10.1. The van der Waals surface area contributed by atoms with Crippen LogP contribution in [0, 0.1) is 5.92 Å². The second kappa shape index (κ2) is 5.79. The predicted molar refractivity (Wildman–Crippen MR) is 65.5 cm³/mol. The van der Waals surface area contributed by atoms with Crippen molar-refractivity contribution < 1.29 is 13.2 Å². The summed E-state index contributed by atoms with van der Waals surface area (Å²) in [7, 11) is -1.76. The second-order valence-corrected chi connectivity index (χ2v) is 6.04. The molecule has 0 aromatic carbocycles. The summed E-state index contributed by atoms with van der Waals surface area (Å²) in [5, 5.41) is 9.36. The number of sulfonamides is 1. The zero-order valence-electron chi connectivity index (χ0n) is 10.3. The van der Waals surface area contributed by atoms with E-state index in [1.54, 1.807) is 7.05 Å². The summed E-state index contributed by atoms with van der Waals surface area (Å²) >= 11 is 0. The lowest BCUT2D eigenvalue weighted by molar-refractivity contribution is 0.186. The highest BCUT2D eigenvalue weighted by Crippen LogP contribution is 2.14. The Morgan fingerprint density at radius 2 is 2.44 bits per heavy atom. The van der Waals surface area contributed by atoms with Gasteiger partial charge in [-0.05, 0) is 19.4 Å². The largest absolute Gasteiger partial charge is 0.381 e. The van der Waals surface area contributed by atoms with Gasteiger partial charge in [0, 0.05) is 25.3 Å². The zero-order chi connectivity index (χ0) is 13.0. The zero-order valence-corrected chi connectivity index (χ0v) is 11.1. The minimum absolute atomic E-state index is 0.135. The fourth-order valence-electron chi connectivity index (χ4n) is 1.89. The molecule has 0 aliphatic carbocycles. The van der Waals surface area contributed by atoms with Crippen LogP contribution in [0.3, 0.4) is 0 Å². The van der Waals surface area contributed by atoms with Crippen molar-refractivity contribution in [2.45, 2.75) is 18.0 Å². The molecule has 1 aromatic heterocycles. The van der Waals surface area contributed by atoms with Crippen LogP contribution in [0.4, 0.5) is 0 Å². The van der Waals surface area contributed by atoms with E-state index in [0.29, 0.717) is 31.9 Å². The van der Waals surface area contributed by atoms with Crippen LogP contribution >= 0.6 is 0 Å². The Morgan fingerprint density at radius 3 is 3.11 bits per heavy atom. The van der Waals surface area contributed by atoms with Crippen molar-refractivity contribution >= 4 is 10.0 Å². The van der Waals surface area contributed by atoms with Crippen molar-refractivity contribution in [3.05, 3.63) is 11.8 Å². The molecular weight excluding hydrogens is 256 g/mol. The van der Waals surface area contributed by atoms with Gasteiger partial charge in [-0.25, -0.2) is 13.1 Å². The molecule has 0 radical (unpaired) electrons. The van der Waals surface area contributed by atoms with Crippen molar-refractivity contribution in [1.29, 1.82) is 0 Å². The van der Waals surface area contributed by atoms with Gasteiger partial charge >= 0.3 is 0 Å². The standard InChI is InChI=1S/C10H18N4O3S/c1-11-5-9-6-12-14-10(9)18(15,16)13-4-8-2-3-17-7-8/h6,8,11,13H,2-5,7H2,1H3,(H,12,14). The Hall–Kier alpha value is -0.960. The van der Waals surface area contributed by atoms with Crippen LogP contribution < -0.4 is 10.0 Å². The molecular formula is C10H18N4O3S. The van der Waals surface area contributed by atoms with Crippen LogP contribution in [0.1, 0.15) is 12.0 Å².